The number of hydrogen-bond donors (Lipinski definition) is 1. The van der Waals surface area contributed by atoms with Crippen LogP contribution in [0.25, 0.3) is 0 Å². The van der Waals surface area contributed by atoms with Crippen molar-refractivity contribution in [2.75, 3.05) is 32.5 Å². The predicted molar refractivity (Wildman–Crippen MR) is 81.5 cm³/mol. The first-order valence-electron chi connectivity index (χ1n) is 6.26. The van der Waals surface area contributed by atoms with Gasteiger partial charge in [-0.1, -0.05) is 11.6 Å². The smallest absolute Gasteiger partial charge is 0.243 e. The number of hydrogen-bond acceptors (Lipinski definition) is 5. The summed E-state index contributed by atoms with van der Waals surface area (Å²) in [6, 6.07) is 4.80. The van der Waals surface area contributed by atoms with Crippen molar-refractivity contribution in [1.82, 2.24) is 4.31 Å². The van der Waals surface area contributed by atoms with Crippen LogP contribution in [0, 0.1) is 18.3 Å². The maximum atomic E-state index is 12.7. The molecule has 0 saturated carbocycles. The largest absolute Gasteiger partial charge is 0.397 e. The standard InChI is InChI=1S/C13H18ClN3O3S/c1-10-8-11(14)12(16)9-13(10)21(18,19)17(5-3-4-15)6-7-20-2/h8-9H,3,5-7,16H2,1-2H3. The molecule has 1 rings (SSSR count). The van der Waals surface area contributed by atoms with Crippen molar-refractivity contribution in [2.24, 2.45) is 0 Å². The molecule has 0 unspecified atom stereocenters. The fourth-order valence-corrected chi connectivity index (χ4v) is 3.69. The van der Waals surface area contributed by atoms with E-state index in [9.17, 15) is 8.42 Å². The number of benzene rings is 1. The Bertz CT molecular complexity index is 641. The highest BCUT2D eigenvalue weighted by Crippen LogP contribution is 2.28. The van der Waals surface area contributed by atoms with E-state index in [0.29, 0.717) is 10.6 Å². The molecule has 1 aromatic rings. The molecule has 1 aromatic carbocycles. The van der Waals surface area contributed by atoms with Gasteiger partial charge in [-0.25, -0.2) is 8.42 Å². The van der Waals surface area contributed by atoms with Crippen LogP contribution in [0.15, 0.2) is 17.0 Å². The van der Waals surface area contributed by atoms with Gasteiger partial charge in [-0.05, 0) is 24.6 Å². The number of ether oxygens (including phenoxy) is 1. The van der Waals surface area contributed by atoms with E-state index in [1.165, 1.54) is 23.5 Å². The van der Waals surface area contributed by atoms with Gasteiger partial charge in [0, 0.05) is 26.6 Å². The van der Waals surface area contributed by atoms with E-state index in [1.54, 1.807) is 6.92 Å². The van der Waals surface area contributed by atoms with E-state index in [1.807, 2.05) is 6.07 Å². The van der Waals surface area contributed by atoms with Crippen LogP contribution in [0.5, 0.6) is 0 Å². The predicted octanol–water partition coefficient (Wildman–Crippen LogP) is 1.78. The van der Waals surface area contributed by atoms with Crippen LogP contribution in [-0.2, 0) is 14.8 Å². The molecule has 0 aliphatic rings. The molecule has 0 amide bonds. The SMILES string of the molecule is COCCN(CCC#N)S(=O)(=O)c1cc(N)c(Cl)cc1C. The first-order valence-corrected chi connectivity index (χ1v) is 8.08. The minimum Gasteiger partial charge on any atom is -0.397 e. The Hall–Kier alpha value is -1.33. The average molecular weight is 332 g/mol. The lowest BCUT2D eigenvalue weighted by atomic mass is 10.2. The molecule has 0 atom stereocenters. The summed E-state index contributed by atoms with van der Waals surface area (Å²) < 4.78 is 31.5. The summed E-state index contributed by atoms with van der Waals surface area (Å²) in [6.45, 7) is 2.16. The van der Waals surface area contributed by atoms with E-state index < -0.39 is 10.0 Å². The Kier molecular flexibility index (Phi) is 6.42. The van der Waals surface area contributed by atoms with E-state index >= 15 is 0 Å². The van der Waals surface area contributed by atoms with Gasteiger partial charge < -0.3 is 10.5 Å². The van der Waals surface area contributed by atoms with E-state index in [4.69, 9.17) is 27.3 Å². The molecule has 116 valence electrons. The van der Waals surface area contributed by atoms with Gasteiger partial charge in [0.05, 0.1) is 28.3 Å². The summed E-state index contributed by atoms with van der Waals surface area (Å²) in [5.41, 5.74) is 6.40. The van der Waals surface area contributed by atoms with Crippen molar-refractivity contribution in [3.05, 3.63) is 22.7 Å². The van der Waals surface area contributed by atoms with Crippen LogP contribution >= 0.6 is 11.6 Å². The highest BCUT2D eigenvalue weighted by Gasteiger charge is 2.26. The van der Waals surface area contributed by atoms with Crippen molar-refractivity contribution < 1.29 is 13.2 Å². The van der Waals surface area contributed by atoms with Crippen molar-refractivity contribution in [1.29, 1.82) is 5.26 Å². The first-order chi connectivity index (χ1) is 9.84. The fraction of sp³-hybridized carbons (Fsp3) is 0.462. The number of aryl methyl sites for hydroxylation is 1. The Balaban J connectivity index is 3.22. The monoisotopic (exact) mass is 331 g/mol. The van der Waals surface area contributed by atoms with E-state index in [2.05, 4.69) is 0 Å². The molecule has 0 aliphatic carbocycles. The molecule has 21 heavy (non-hydrogen) atoms. The molecule has 0 aliphatic heterocycles. The second-order valence-corrected chi connectivity index (χ2v) is 6.76. The second kappa shape index (κ2) is 7.61. The molecule has 2 N–H and O–H groups in total. The fourth-order valence-electron chi connectivity index (χ4n) is 1.81. The summed E-state index contributed by atoms with van der Waals surface area (Å²) in [5, 5.41) is 8.98. The van der Waals surface area contributed by atoms with Gasteiger partial charge in [-0.3, -0.25) is 0 Å². The summed E-state index contributed by atoms with van der Waals surface area (Å²) >= 11 is 5.89. The molecule has 0 aromatic heterocycles. The Morgan fingerprint density at radius 3 is 2.67 bits per heavy atom. The second-order valence-electron chi connectivity index (χ2n) is 4.44. The van der Waals surface area contributed by atoms with Crippen molar-refractivity contribution in [3.63, 3.8) is 0 Å². The molecule has 0 radical (unpaired) electrons. The molecular formula is C13H18ClN3O3S. The highest BCUT2D eigenvalue weighted by atomic mass is 35.5. The molecule has 0 heterocycles. The van der Waals surface area contributed by atoms with Crippen molar-refractivity contribution >= 4 is 27.3 Å². The molecule has 0 bridgehead atoms. The minimum atomic E-state index is -3.75. The van der Waals surface area contributed by atoms with Crippen LogP contribution in [-0.4, -0.2) is 39.5 Å². The quantitative estimate of drug-likeness (QED) is 0.768. The van der Waals surface area contributed by atoms with E-state index in [0.717, 1.165) is 0 Å². The third-order valence-corrected chi connectivity index (χ3v) is 5.30. The molecule has 0 fully saturated rings. The maximum absolute atomic E-state index is 12.7. The first kappa shape index (κ1) is 17.7. The average Bonchev–Trinajstić information content (AvgIpc) is 2.42. The maximum Gasteiger partial charge on any atom is 0.243 e. The minimum absolute atomic E-state index is 0.0958. The Labute approximate surface area is 130 Å². The van der Waals surface area contributed by atoms with Gasteiger partial charge in [0.15, 0.2) is 0 Å². The zero-order valence-corrected chi connectivity index (χ0v) is 13.5. The van der Waals surface area contributed by atoms with Crippen LogP contribution in [0.1, 0.15) is 12.0 Å². The summed E-state index contributed by atoms with van der Waals surface area (Å²) in [5.74, 6) is 0. The lowest BCUT2D eigenvalue weighted by Gasteiger charge is -2.22. The zero-order valence-electron chi connectivity index (χ0n) is 12.0. The third kappa shape index (κ3) is 4.32. The number of nitrogens with zero attached hydrogens (tertiary/aromatic N) is 2. The number of sulfonamides is 1. The Morgan fingerprint density at radius 2 is 2.10 bits per heavy atom. The topological polar surface area (TPSA) is 96.4 Å². The molecule has 0 spiro atoms. The molecular weight excluding hydrogens is 314 g/mol. The van der Waals surface area contributed by atoms with E-state index in [-0.39, 0.29) is 36.7 Å². The van der Waals surface area contributed by atoms with Crippen LogP contribution < -0.4 is 5.73 Å². The molecule has 6 nitrogen and oxygen atoms in total. The van der Waals surface area contributed by atoms with Gasteiger partial charge in [-0.2, -0.15) is 9.57 Å². The highest BCUT2D eigenvalue weighted by molar-refractivity contribution is 7.89. The van der Waals surface area contributed by atoms with Crippen molar-refractivity contribution in [3.8, 4) is 6.07 Å². The van der Waals surface area contributed by atoms with Crippen LogP contribution in [0.2, 0.25) is 5.02 Å². The zero-order chi connectivity index (χ0) is 16.0. The number of methoxy groups -OCH3 is 1. The van der Waals surface area contributed by atoms with Crippen LogP contribution in [0.4, 0.5) is 5.69 Å². The lowest BCUT2D eigenvalue weighted by molar-refractivity contribution is 0.179. The third-order valence-electron chi connectivity index (χ3n) is 2.93. The van der Waals surface area contributed by atoms with Gasteiger partial charge >= 0.3 is 0 Å². The summed E-state index contributed by atoms with van der Waals surface area (Å²) in [7, 11) is -2.27. The number of rotatable bonds is 7. The van der Waals surface area contributed by atoms with Gasteiger partial charge in [0.25, 0.3) is 0 Å². The van der Waals surface area contributed by atoms with Gasteiger partial charge in [0.2, 0.25) is 10.0 Å². The molecule has 8 heteroatoms. The number of nitriles is 1. The normalized spacial score (nSPS) is 11.6. The van der Waals surface area contributed by atoms with Gasteiger partial charge in [-0.15, -0.1) is 0 Å². The Morgan fingerprint density at radius 1 is 1.43 bits per heavy atom. The number of nitrogen functional groups attached to an aromatic ring is 1. The van der Waals surface area contributed by atoms with Gasteiger partial charge in [0.1, 0.15) is 0 Å². The number of nitrogens with two attached hydrogens (primary N) is 1. The number of halogens is 1. The van der Waals surface area contributed by atoms with Crippen LogP contribution in [0.3, 0.4) is 0 Å². The summed E-state index contributed by atoms with van der Waals surface area (Å²) in [6.07, 6.45) is 0.102. The summed E-state index contributed by atoms with van der Waals surface area (Å²) in [4.78, 5) is 0.0958. The molecule has 0 saturated heterocycles. The lowest BCUT2D eigenvalue weighted by Crippen LogP contribution is -2.35. The number of anilines is 1. The van der Waals surface area contributed by atoms with Crippen molar-refractivity contribution in [2.45, 2.75) is 18.2 Å².